The van der Waals surface area contributed by atoms with Crippen molar-refractivity contribution < 1.29 is 14.4 Å². The number of rotatable bonds is 1. The van der Waals surface area contributed by atoms with Gasteiger partial charge in [-0.05, 0) is 19.3 Å². The molecule has 2 aliphatic rings. The third-order valence-electron chi connectivity index (χ3n) is 4.07. The molecule has 7 nitrogen and oxygen atoms in total. The first kappa shape index (κ1) is 23.9. The van der Waals surface area contributed by atoms with E-state index in [0.29, 0.717) is 6.54 Å². The van der Waals surface area contributed by atoms with Gasteiger partial charge in [-0.1, -0.05) is 47.1 Å². The summed E-state index contributed by atoms with van der Waals surface area (Å²) in [4.78, 5) is 37.1. The number of piperidine rings is 1. The highest BCUT2D eigenvalue weighted by Crippen LogP contribution is 2.20. The second-order valence-corrected chi connectivity index (χ2v) is 6.04. The van der Waals surface area contributed by atoms with Gasteiger partial charge in [0, 0.05) is 12.2 Å². The minimum atomic E-state index is -0.366. The molecule has 2 fully saturated rings. The first-order valence-electron chi connectivity index (χ1n) is 9.75. The Morgan fingerprint density at radius 3 is 2.04 bits per heavy atom. The Morgan fingerprint density at radius 2 is 1.46 bits per heavy atom. The van der Waals surface area contributed by atoms with Crippen LogP contribution in [0.15, 0.2) is 12.3 Å². The molecule has 150 valence electrons. The van der Waals surface area contributed by atoms with Crippen LogP contribution >= 0.6 is 0 Å². The Morgan fingerprint density at radius 1 is 0.923 bits per heavy atom. The molecule has 0 radical (unpaired) electrons. The van der Waals surface area contributed by atoms with Gasteiger partial charge >= 0.3 is 0 Å². The third-order valence-corrected chi connectivity index (χ3v) is 4.07. The maximum atomic E-state index is 12.2. The molecule has 26 heavy (non-hydrogen) atoms. The highest BCUT2D eigenvalue weighted by molar-refractivity contribution is 5.90. The summed E-state index contributed by atoms with van der Waals surface area (Å²) in [6, 6.07) is -0.305. The fourth-order valence-electron chi connectivity index (χ4n) is 2.47. The van der Waals surface area contributed by atoms with Gasteiger partial charge in [0.25, 0.3) is 0 Å². The molecule has 2 saturated heterocycles. The minimum Gasteiger partial charge on any atom is -0.362 e. The van der Waals surface area contributed by atoms with Gasteiger partial charge in [0.15, 0.2) is 0 Å². The van der Waals surface area contributed by atoms with Gasteiger partial charge in [-0.25, -0.2) is 0 Å². The number of hydrogen-bond donors (Lipinski definition) is 3. The fraction of sp³-hybridized carbons (Fsp3) is 0.737. The number of nitrogens with zero attached hydrogens (tertiary/aromatic N) is 1. The molecule has 0 spiro atoms. The maximum Gasteiger partial charge on any atom is 0.243 e. The van der Waals surface area contributed by atoms with E-state index in [0.717, 1.165) is 31.5 Å². The van der Waals surface area contributed by atoms with Crippen molar-refractivity contribution in [3.8, 4) is 0 Å². The molecule has 2 rings (SSSR count). The summed E-state index contributed by atoms with van der Waals surface area (Å²) in [5, 5.41) is 7.76. The number of nitrogens with one attached hydrogen (secondary N) is 3. The van der Waals surface area contributed by atoms with Crippen LogP contribution in [0.4, 0.5) is 0 Å². The zero-order valence-corrected chi connectivity index (χ0v) is 16.8. The van der Waals surface area contributed by atoms with Gasteiger partial charge in [-0.3, -0.25) is 14.4 Å². The number of amides is 3. The minimum absolute atomic E-state index is 0.0919. The van der Waals surface area contributed by atoms with Crippen molar-refractivity contribution in [2.45, 2.75) is 65.8 Å². The maximum absolute atomic E-state index is 12.2. The number of unbranched alkanes of at least 4 members (excludes halogenated alkanes) is 1. The molecule has 3 amide bonds. The summed E-state index contributed by atoms with van der Waals surface area (Å²) in [5.41, 5.74) is 0.727. The summed E-state index contributed by atoms with van der Waals surface area (Å²) < 4.78 is 0. The van der Waals surface area contributed by atoms with Crippen LogP contribution in [0.2, 0.25) is 0 Å². The number of hydrogen-bond acceptors (Lipinski definition) is 4. The lowest BCUT2D eigenvalue weighted by atomic mass is 10.0. The predicted octanol–water partition coefficient (Wildman–Crippen LogP) is 1.55. The van der Waals surface area contributed by atoms with E-state index in [2.05, 4.69) is 36.4 Å². The second-order valence-electron chi connectivity index (χ2n) is 6.04. The summed E-state index contributed by atoms with van der Waals surface area (Å²) in [7, 11) is 0. The first-order chi connectivity index (χ1) is 12.5. The molecule has 2 aliphatic heterocycles. The third kappa shape index (κ3) is 8.87. The van der Waals surface area contributed by atoms with Crippen molar-refractivity contribution in [1.82, 2.24) is 20.9 Å². The topological polar surface area (TPSA) is 90.5 Å². The smallest absolute Gasteiger partial charge is 0.243 e. The van der Waals surface area contributed by atoms with Crippen molar-refractivity contribution in [1.29, 1.82) is 0 Å². The number of carbonyl (C=O) groups is 3. The van der Waals surface area contributed by atoms with Gasteiger partial charge in [0.1, 0.15) is 6.04 Å². The van der Waals surface area contributed by atoms with Crippen LogP contribution in [0.3, 0.4) is 0 Å². The van der Waals surface area contributed by atoms with E-state index in [1.165, 1.54) is 12.8 Å². The monoisotopic (exact) mass is 368 g/mol. The van der Waals surface area contributed by atoms with Crippen molar-refractivity contribution in [3.05, 3.63) is 12.3 Å². The van der Waals surface area contributed by atoms with E-state index < -0.39 is 0 Å². The molecule has 0 aromatic rings. The standard InChI is InChI=1S/C13H20N4O3.C4H10.C2H6/c1-9-6-14-11(18)7-15-12(19)8-16-13(20)10-4-2-3-5-17(9)10;1-3-4-2;1-2/h10H,1-8H2,(H,14,18)(H,15,19)(H,16,20);3-4H2,1-2H3;1-2H3. The summed E-state index contributed by atoms with van der Waals surface area (Å²) in [5.74, 6) is -0.789. The molecule has 3 N–H and O–H groups in total. The molecule has 0 aromatic heterocycles. The van der Waals surface area contributed by atoms with E-state index in [1.807, 2.05) is 18.7 Å². The van der Waals surface area contributed by atoms with Gasteiger partial charge in [-0.2, -0.15) is 0 Å². The number of fused-ring (bicyclic) bond motifs is 1. The molecular formula is C19H36N4O3. The largest absolute Gasteiger partial charge is 0.362 e. The van der Waals surface area contributed by atoms with Crippen molar-refractivity contribution >= 4 is 17.7 Å². The molecular weight excluding hydrogens is 332 g/mol. The van der Waals surface area contributed by atoms with E-state index in [9.17, 15) is 14.4 Å². The Kier molecular flexibility index (Phi) is 13.0. The summed E-state index contributed by atoms with van der Waals surface area (Å²) >= 11 is 0. The lowest BCUT2D eigenvalue weighted by Gasteiger charge is -2.37. The van der Waals surface area contributed by atoms with E-state index in [-0.39, 0.29) is 36.9 Å². The first-order valence-corrected chi connectivity index (χ1v) is 9.75. The van der Waals surface area contributed by atoms with Crippen LogP contribution in [-0.2, 0) is 14.4 Å². The zero-order chi connectivity index (χ0) is 19.9. The Bertz CT molecular complexity index is 424. The molecule has 0 saturated carbocycles. The lowest BCUT2D eigenvalue weighted by molar-refractivity contribution is -0.130. The van der Waals surface area contributed by atoms with Crippen molar-refractivity contribution in [3.63, 3.8) is 0 Å². The second kappa shape index (κ2) is 14.2. The quantitative estimate of drug-likeness (QED) is 0.655. The van der Waals surface area contributed by atoms with Crippen LogP contribution in [0.25, 0.3) is 0 Å². The van der Waals surface area contributed by atoms with Crippen molar-refractivity contribution in [2.24, 2.45) is 0 Å². The normalized spacial score (nSPS) is 21.1. The average molecular weight is 369 g/mol. The highest BCUT2D eigenvalue weighted by atomic mass is 16.2. The molecule has 2 heterocycles. The SMILES string of the molecule is C=C1CNC(=O)CNC(=O)CNC(=O)C2CCCCN12.CC.CCCC. The summed E-state index contributed by atoms with van der Waals surface area (Å²) in [6.45, 7) is 13.2. The molecule has 0 bridgehead atoms. The van der Waals surface area contributed by atoms with E-state index in [1.54, 1.807) is 0 Å². The van der Waals surface area contributed by atoms with Crippen LogP contribution in [0.1, 0.15) is 59.8 Å². The molecule has 0 aromatic carbocycles. The zero-order valence-electron chi connectivity index (χ0n) is 16.8. The lowest BCUT2D eigenvalue weighted by Crippen LogP contribution is -2.53. The Hall–Kier alpha value is -2.05. The van der Waals surface area contributed by atoms with Gasteiger partial charge in [0.2, 0.25) is 17.7 Å². The van der Waals surface area contributed by atoms with Crippen LogP contribution in [0, 0.1) is 0 Å². The van der Waals surface area contributed by atoms with Gasteiger partial charge in [-0.15, -0.1) is 0 Å². The average Bonchev–Trinajstić information content (AvgIpc) is 2.69. The Labute approximate surface area is 158 Å². The van der Waals surface area contributed by atoms with Gasteiger partial charge in [0.05, 0.1) is 19.6 Å². The van der Waals surface area contributed by atoms with Crippen LogP contribution in [0.5, 0.6) is 0 Å². The predicted molar refractivity (Wildman–Crippen MR) is 104 cm³/mol. The van der Waals surface area contributed by atoms with Crippen LogP contribution in [-0.4, -0.2) is 54.8 Å². The molecule has 1 unspecified atom stereocenters. The van der Waals surface area contributed by atoms with Crippen molar-refractivity contribution in [2.75, 3.05) is 26.2 Å². The van der Waals surface area contributed by atoms with Gasteiger partial charge < -0.3 is 20.9 Å². The fourth-order valence-corrected chi connectivity index (χ4v) is 2.47. The molecule has 1 atom stereocenters. The summed E-state index contributed by atoms with van der Waals surface area (Å²) in [6.07, 6.45) is 5.35. The highest BCUT2D eigenvalue weighted by Gasteiger charge is 2.29. The Balaban J connectivity index is 0.000000920. The van der Waals surface area contributed by atoms with E-state index in [4.69, 9.17) is 0 Å². The molecule has 7 heteroatoms. The molecule has 0 aliphatic carbocycles. The van der Waals surface area contributed by atoms with Crippen LogP contribution < -0.4 is 16.0 Å². The van der Waals surface area contributed by atoms with E-state index >= 15 is 0 Å². The number of carbonyl (C=O) groups excluding carboxylic acids is 3.